The average Bonchev–Trinajstić information content (AvgIpc) is 3.12. The zero-order valence-electron chi connectivity index (χ0n) is 14.3. The maximum absolute atomic E-state index is 10.3. The van der Waals surface area contributed by atoms with Gasteiger partial charge in [-0.3, -0.25) is 0 Å². The molecule has 0 aliphatic carbocycles. The Balaban J connectivity index is 1.72. The van der Waals surface area contributed by atoms with Gasteiger partial charge in [-0.05, 0) is 38.8 Å². The van der Waals surface area contributed by atoms with E-state index in [4.69, 9.17) is 0 Å². The smallest absolute Gasteiger partial charge is 0.157 e. The van der Waals surface area contributed by atoms with Gasteiger partial charge in [0.15, 0.2) is 5.65 Å². The molecule has 6 nitrogen and oxygen atoms in total. The minimum absolute atomic E-state index is 0.352. The molecule has 0 radical (unpaired) electrons. The zero-order chi connectivity index (χ0) is 16.4. The Bertz CT molecular complexity index is 660. The Kier molecular flexibility index (Phi) is 4.82. The summed E-state index contributed by atoms with van der Waals surface area (Å²) in [4.78, 5) is 6.98. The summed E-state index contributed by atoms with van der Waals surface area (Å²) in [5.41, 5.74) is 2.83. The molecule has 0 bridgehead atoms. The van der Waals surface area contributed by atoms with Gasteiger partial charge in [0.25, 0.3) is 0 Å². The van der Waals surface area contributed by atoms with Crippen molar-refractivity contribution in [2.24, 2.45) is 0 Å². The van der Waals surface area contributed by atoms with Crippen molar-refractivity contribution < 1.29 is 5.11 Å². The van der Waals surface area contributed by atoms with Crippen LogP contribution in [-0.2, 0) is 0 Å². The number of hydrogen-bond donors (Lipinski definition) is 2. The van der Waals surface area contributed by atoms with E-state index in [1.54, 1.807) is 0 Å². The minimum Gasteiger partial charge on any atom is -0.390 e. The van der Waals surface area contributed by atoms with Crippen molar-refractivity contribution in [1.29, 1.82) is 0 Å². The molecular formula is C17H27N5O. The van der Waals surface area contributed by atoms with Gasteiger partial charge in [0.05, 0.1) is 11.8 Å². The molecule has 1 atom stereocenters. The van der Waals surface area contributed by atoms with Gasteiger partial charge < -0.3 is 15.3 Å². The highest BCUT2D eigenvalue weighted by molar-refractivity contribution is 5.51. The van der Waals surface area contributed by atoms with Crippen LogP contribution in [0.2, 0.25) is 0 Å². The van der Waals surface area contributed by atoms with E-state index in [2.05, 4.69) is 34.1 Å². The van der Waals surface area contributed by atoms with Crippen molar-refractivity contribution in [2.45, 2.75) is 45.6 Å². The van der Waals surface area contributed by atoms with Gasteiger partial charge in [0.2, 0.25) is 0 Å². The summed E-state index contributed by atoms with van der Waals surface area (Å²) in [5.74, 6) is 1.25. The van der Waals surface area contributed by atoms with Gasteiger partial charge in [-0.1, -0.05) is 13.8 Å². The molecule has 1 saturated heterocycles. The molecule has 3 rings (SSSR count). The highest BCUT2D eigenvalue weighted by atomic mass is 16.3. The van der Waals surface area contributed by atoms with Gasteiger partial charge in [-0.2, -0.15) is 9.61 Å². The molecule has 0 aromatic carbocycles. The molecule has 1 fully saturated rings. The van der Waals surface area contributed by atoms with Crippen molar-refractivity contribution in [3.63, 3.8) is 0 Å². The first-order valence-corrected chi connectivity index (χ1v) is 8.54. The predicted molar refractivity (Wildman–Crippen MR) is 92.0 cm³/mol. The number of aliphatic hydroxyl groups is 1. The molecule has 2 N–H and O–H groups in total. The Morgan fingerprint density at radius 2 is 2.00 bits per heavy atom. The van der Waals surface area contributed by atoms with Gasteiger partial charge in [0, 0.05) is 30.9 Å². The number of hydrogen-bond acceptors (Lipinski definition) is 5. The number of nitrogens with zero attached hydrogens (tertiary/aromatic N) is 4. The van der Waals surface area contributed by atoms with Gasteiger partial charge in [-0.15, -0.1) is 0 Å². The Morgan fingerprint density at radius 1 is 1.26 bits per heavy atom. The number of nitrogens with one attached hydrogen (secondary N) is 1. The number of aliphatic hydroxyl groups excluding tert-OH is 1. The first-order chi connectivity index (χ1) is 11.0. The number of anilines is 1. The Hall–Kier alpha value is -1.66. The molecule has 1 aliphatic rings. The van der Waals surface area contributed by atoms with E-state index < -0.39 is 0 Å². The van der Waals surface area contributed by atoms with Crippen LogP contribution in [0.15, 0.2) is 12.1 Å². The van der Waals surface area contributed by atoms with Crippen molar-refractivity contribution in [3.05, 3.63) is 23.5 Å². The van der Waals surface area contributed by atoms with Gasteiger partial charge in [-0.25, -0.2) is 4.98 Å². The van der Waals surface area contributed by atoms with E-state index in [0.717, 1.165) is 42.5 Å². The van der Waals surface area contributed by atoms with Crippen molar-refractivity contribution in [2.75, 3.05) is 31.5 Å². The topological polar surface area (TPSA) is 65.7 Å². The Morgan fingerprint density at radius 3 is 2.70 bits per heavy atom. The van der Waals surface area contributed by atoms with Crippen molar-refractivity contribution >= 4 is 11.5 Å². The predicted octanol–water partition coefficient (Wildman–Crippen LogP) is 2.03. The number of likely N-dealkylation sites (tertiary alicyclic amines) is 1. The van der Waals surface area contributed by atoms with Crippen LogP contribution in [0, 0.1) is 6.92 Å². The SMILES string of the molecule is Cc1cc2nc(C(C)C)cc(NCC(O)CN3CCCC3)n2n1. The summed E-state index contributed by atoms with van der Waals surface area (Å²) in [5, 5.41) is 18.1. The van der Waals surface area contributed by atoms with Crippen molar-refractivity contribution in [3.8, 4) is 0 Å². The van der Waals surface area contributed by atoms with E-state index in [0.29, 0.717) is 12.5 Å². The highest BCUT2D eigenvalue weighted by Gasteiger charge is 2.16. The van der Waals surface area contributed by atoms with E-state index in [1.165, 1.54) is 12.8 Å². The summed E-state index contributed by atoms with van der Waals surface area (Å²) in [6, 6.07) is 4.02. The third kappa shape index (κ3) is 3.82. The lowest BCUT2D eigenvalue weighted by Crippen LogP contribution is -2.34. The van der Waals surface area contributed by atoms with Crippen molar-refractivity contribution in [1.82, 2.24) is 19.5 Å². The lowest BCUT2D eigenvalue weighted by atomic mass is 10.1. The van der Waals surface area contributed by atoms with Crippen LogP contribution < -0.4 is 5.32 Å². The summed E-state index contributed by atoms with van der Waals surface area (Å²) in [6.45, 7) is 9.69. The van der Waals surface area contributed by atoms with Crippen LogP contribution in [0.3, 0.4) is 0 Å². The fourth-order valence-corrected chi connectivity index (χ4v) is 3.08. The van der Waals surface area contributed by atoms with Crippen LogP contribution in [0.25, 0.3) is 5.65 Å². The summed E-state index contributed by atoms with van der Waals surface area (Å²) in [6.07, 6.45) is 2.11. The minimum atomic E-state index is -0.379. The normalized spacial score (nSPS) is 17.3. The fraction of sp³-hybridized carbons (Fsp3) is 0.647. The average molecular weight is 317 g/mol. The maximum atomic E-state index is 10.3. The molecule has 0 saturated carbocycles. The van der Waals surface area contributed by atoms with Crippen LogP contribution >= 0.6 is 0 Å². The van der Waals surface area contributed by atoms with Crippen LogP contribution in [0.1, 0.15) is 44.0 Å². The summed E-state index contributed by atoms with van der Waals surface area (Å²) in [7, 11) is 0. The van der Waals surface area contributed by atoms with Crippen LogP contribution in [-0.4, -0.2) is 56.9 Å². The standard InChI is InChI=1S/C17H27N5O/c1-12(2)15-9-16(22-17(19-15)8-13(3)20-22)18-10-14(23)11-21-6-4-5-7-21/h8-9,12,14,18,23H,4-7,10-11H2,1-3H3. The first-order valence-electron chi connectivity index (χ1n) is 8.54. The second-order valence-electron chi connectivity index (χ2n) is 6.82. The molecule has 2 aromatic rings. The summed E-state index contributed by atoms with van der Waals surface area (Å²) < 4.78 is 1.82. The third-order valence-corrected chi connectivity index (χ3v) is 4.35. The molecule has 126 valence electrons. The molecule has 0 amide bonds. The number of β-amino-alcohol motifs (C(OH)–C–C–N with tert-alkyl or cyclic N) is 1. The van der Waals surface area contributed by atoms with Gasteiger partial charge >= 0.3 is 0 Å². The van der Waals surface area contributed by atoms with E-state index in [9.17, 15) is 5.11 Å². The lowest BCUT2D eigenvalue weighted by molar-refractivity contribution is 0.135. The monoisotopic (exact) mass is 317 g/mol. The third-order valence-electron chi connectivity index (χ3n) is 4.35. The lowest BCUT2D eigenvalue weighted by Gasteiger charge is -2.20. The zero-order valence-corrected chi connectivity index (χ0v) is 14.3. The number of aromatic nitrogens is 3. The van der Waals surface area contributed by atoms with E-state index in [1.807, 2.05) is 23.6 Å². The van der Waals surface area contributed by atoms with E-state index in [-0.39, 0.29) is 6.10 Å². The quantitative estimate of drug-likeness (QED) is 0.853. The molecule has 1 unspecified atom stereocenters. The molecule has 2 aromatic heterocycles. The largest absolute Gasteiger partial charge is 0.390 e. The second-order valence-corrected chi connectivity index (χ2v) is 6.82. The molecule has 3 heterocycles. The molecule has 1 aliphatic heterocycles. The van der Waals surface area contributed by atoms with Crippen LogP contribution in [0.4, 0.5) is 5.82 Å². The molecule has 6 heteroatoms. The molecule has 23 heavy (non-hydrogen) atoms. The highest BCUT2D eigenvalue weighted by Crippen LogP contribution is 2.19. The number of fused-ring (bicyclic) bond motifs is 1. The molecular weight excluding hydrogens is 290 g/mol. The van der Waals surface area contributed by atoms with Gasteiger partial charge in [0.1, 0.15) is 5.82 Å². The fourth-order valence-electron chi connectivity index (χ4n) is 3.08. The Labute approximate surface area is 137 Å². The molecule has 0 spiro atoms. The maximum Gasteiger partial charge on any atom is 0.157 e. The number of aryl methyl sites for hydroxylation is 1. The van der Waals surface area contributed by atoms with Crippen LogP contribution in [0.5, 0.6) is 0 Å². The number of rotatable bonds is 6. The van der Waals surface area contributed by atoms with E-state index >= 15 is 0 Å². The first kappa shape index (κ1) is 16.2. The second kappa shape index (κ2) is 6.84. The summed E-state index contributed by atoms with van der Waals surface area (Å²) >= 11 is 0.